The quantitative estimate of drug-likeness (QED) is 0.699. The minimum Gasteiger partial charge on any atom is -0.466 e. The van der Waals surface area contributed by atoms with Crippen LogP contribution < -0.4 is 0 Å². The molecule has 0 bridgehead atoms. The molecule has 0 radical (unpaired) electrons. The van der Waals surface area contributed by atoms with Crippen molar-refractivity contribution in [1.82, 2.24) is 0 Å². The number of aryl methyl sites for hydroxylation is 2. The van der Waals surface area contributed by atoms with Crippen molar-refractivity contribution >= 4 is 0 Å². The van der Waals surface area contributed by atoms with Crippen LogP contribution in [-0.2, 0) is 6.42 Å². The van der Waals surface area contributed by atoms with E-state index in [4.69, 9.17) is 4.42 Å². The summed E-state index contributed by atoms with van der Waals surface area (Å²) < 4.78 is 5.52. The van der Waals surface area contributed by atoms with Crippen LogP contribution in [0.3, 0.4) is 0 Å². The Morgan fingerprint density at radius 2 is 1.64 bits per heavy atom. The first kappa shape index (κ1) is 9.07. The van der Waals surface area contributed by atoms with Crippen molar-refractivity contribution in [2.75, 3.05) is 0 Å². The molecule has 1 aromatic carbocycles. The number of benzene rings is 1. The fraction of sp³-hybridized carbons (Fsp3) is 0.231. The molecule has 72 valence electrons. The van der Waals surface area contributed by atoms with Gasteiger partial charge in [0.05, 0.1) is 0 Å². The maximum atomic E-state index is 5.52. The molecule has 0 aliphatic carbocycles. The van der Waals surface area contributed by atoms with Gasteiger partial charge in [-0.25, -0.2) is 0 Å². The molecule has 14 heavy (non-hydrogen) atoms. The highest BCUT2D eigenvalue weighted by Gasteiger charge is 1.99. The second kappa shape index (κ2) is 3.70. The zero-order valence-corrected chi connectivity index (χ0v) is 8.58. The molecule has 0 saturated heterocycles. The Morgan fingerprint density at radius 3 is 2.21 bits per heavy atom. The van der Waals surface area contributed by atoms with Crippen molar-refractivity contribution in [3.63, 3.8) is 0 Å². The summed E-state index contributed by atoms with van der Waals surface area (Å²) in [6, 6.07) is 12.6. The smallest absolute Gasteiger partial charge is 0.108 e. The molecule has 2 rings (SSSR count). The number of hydrogen-bond donors (Lipinski definition) is 0. The summed E-state index contributed by atoms with van der Waals surface area (Å²) in [5, 5.41) is 0. The van der Waals surface area contributed by atoms with E-state index in [1.165, 1.54) is 11.1 Å². The van der Waals surface area contributed by atoms with Gasteiger partial charge in [0.2, 0.25) is 0 Å². The lowest BCUT2D eigenvalue weighted by atomic mass is 10.1. The van der Waals surface area contributed by atoms with Crippen LogP contribution >= 0.6 is 0 Å². The summed E-state index contributed by atoms with van der Waals surface area (Å²) in [6.45, 7) is 4.07. The molecular formula is C13H14O. The van der Waals surface area contributed by atoms with E-state index in [9.17, 15) is 0 Å². The predicted molar refractivity (Wildman–Crippen MR) is 57.4 cm³/mol. The second-order valence-electron chi connectivity index (χ2n) is 3.67. The van der Waals surface area contributed by atoms with Gasteiger partial charge in [0, 0.05) is 6.42 Å². The summed E-state index contributed by atoms with van der Waals surface area (Å²) in [7, 11) is 0. The lowest BCUT2D eigenvalue weighted by molar-refractivity contribution is 0.493. The molecule has 0 spiro atoms. The van der Waals surface area contributed by atoms with E-state index in [2.05, 4.69) is 31.2 Å². The van der Waals surface area contributed by atoms with Gasteiger partial charge in [-0.1, -0.05) is 29.8 Å². The van der Waals surface area contributed by atoms with Crippen molar-refractivity contribution in [3.05, 3.63) is 59.0 Å². The SMILES string of the molecule is Cc1ccc(Cc2ccc(C)o2)cc1. The topological polar surface area (TPSA) is 13.1 Å². The van der Waals surface area contributed by atoms with E-state index >= 15 is 0 Å². The second-order valence-corrected chi connectivity index (χ2v) is 3.67. The maximum absolute atomic E-state index is 5.52. The van der Waals surface area contributed by atoms with Gasteiger partial charge in [-0.15, -0.1) is 0 Å². The monoisotopic (exact) mass is 186 g/mol. The Hall–Kier alpha value is -1.50. The van der Waals surface area contributed by atoms with Crippen LogP contribution in [-0.4, -0.2) is 0 Å². The summed E-state index contributed by atoms with van der Waals surface area (Å²) in [4.78, 5) is 0. The molecule has 2 aromatic rings. The molecule has 0 N–H and O–H groups in total. The third-order valence-electron chi connectivity index (χ3n) is 2.29. The summed E-state index contributed by atoms with van der Waals surface area (Å²) in [6.07, 6.45) is 0.883. The summed E-state index contributed by atoms with van der Waals surface area (Å²) >= 11 is 0. The Balaban J connectivity index is 2.15. The fourth-order valence-electron chi connectivity index (χ4n) is 1.49. The lowest BCUT2D eigenvalue weighted by Gasteiger charge is -1.98. The molecule has 0 amide bonds. The van der Waals surface area contributed by atoms with Gasteiger partial charge in [0.25, 0.3) is 0 Å². The molecule has 1 heterocycles. The molecule has 0 atom stereocenters. The fourth-order valence-corrected chi connectivity index (χ4v) is 1.49. The van der Waals surface area contributed by atoms with Crippen molar-refractivity contribution in [2.24, 2.45) is 0 Å². The maximum Gasteiger partial charge on any atom is 0.108 e. The molecule has 0 saturated carbocycles. The highest BCUT2D eigenvalue weighted by molar-refractivity contribution is 5.25. The Kier molecular flexibility index (Phi) is 2.40. The highest BCUT2D eigenvalue weighted by atomic mass is 16.3. The van der Waals surface area contributed by atoms with Gasteiger partial charge in [-0.2, -0.15) is 0 Å². The van der Waals surface area contributed by atoms with E-state index in [1.54, 1.807) is 0 Å². The van der Waals surface area contributed by atoms with Gasteiger partial charge in [-0.05, 0) is 31.5 Å². The lowest BCUT2D eigenvalue weighted by Crippen LogP contribution is -1.85. The molecule has 0 fully saturated rings. The van der Waals surface area contributed by atoms with Gasteiger partial charge in [-0.3, -0.25) is 0 Å². The zero-order valence-electron chi connectivity index (χ0n) is 8.58. The Bertz CT molecular complexity index is 409. The standard InChI is InChI=1S/C13H14O/c1-10-3-6-12(7-4-10)9-13-8-5-11(2)14-13/h3-8H,9H2,1-2H3. The molecule has 1 nitrogen and oxygen atoms in total. The van der Waals surface area contributed by atoms with Crippen molar-refractivity contribution < 1.29 is 4.42 Å². The summed E-state index contributed by atoms with van der Waals surface area (Å²) in [5.74, 6) is 2.01. The molecule has 0 aliphatic heterocycles. The normalized spacial score (nSPS) is 10.4. The summed E-state index contributed by atoms with van der Waals surface area (Å²) in [5.41, 5.74) is 2.59. The zero-order chi connectivity index (χ0) is 9.97. The number of hydrogen-bond acceptors (Lipinski definition) is 1. The van der Waals surface area contributed by atoms with Crippen LogP contribution in [0.2, 0.25) is 0 Å². The predicted octanol–water partition coefficient (Wildman–Crippen LogP) is 3.49. The van der Waals surface area contributed by atoms with E-state index in [-0.39, 0.29) is 0 Å². The van der Waals surface area contributed by atoms with E-state index in [1.807, 2.05) is 19.1 Å². The third kappa shape index (κ3) is 2.05. The largest absolute Gasteiger partial charge is 0.466 e. The third-order valence-corrected chi connectivity index (χ3v) is 2.29. The van der Waals surface area contributed by atoms with E-state index in [0.29, 0.717) is 0 Å². The minimum atomic E-state index is 0.883. The molecular weight excluding hydrogens is 172 g/mol. The highest BCUT2D eigenvalue weighted by Crippen LogP contribution is 2.13. The minimum absolute atomic E-state index is 0.883. The van der Waals surface area contributed by atoms with Gasteiger partial charge in [0.15, 0.2) is 0 Å². The van der Waals surface area contributed by atoms with Crippen LogP contribution in [0, 0.1) is 13.8 Å². The molecule has 0 unspecified atom stereocenters. The van der Waals surface area contributed by atoms with E-state index in [0.717, 1.165) is 17.9 Å². The average molecular weight is 186 g/mol. The molecule has 1 heteroatoms. The number of furan rings is 1. The Labute approximate surface area is 84.4 Å². The average Bonchev–Trinajstić information content (AvgIpc) is 2.56. The van der Waals surface area contributed by atoms with Crippen molar-refractivity contribution in [3.8, 4) is 0 Å². The van der Waals surface area contributed by atoms with Crippen molar-refractivity contribution in [1.29, 1.82) is 0 Å². The van der Waals surface area contributed by atoms with Crippen LogP contribution in [0.1, 0.15) is 22.6 Å². The first-order chi connectivity index (χ1) is 6.74. The molecule has 1 aromatic heterocycles. The first-order valence-electron chi connectivity index (χ1n) is 4.85. The first-order valence-corrected chi connectivity index (χ1v) is 4.85. The van der Waals surface area contributed by atoms with Crippen LogP contribution in [0.25, 0.3) is 0 Å². The van der Waals surface area contributed by atoms with Gasteiger partial charge in [0.1, 0.15) is 11.5 Å². The van der Waals surface area contributed by atoms with Crippen molar-refractivity contribution in [2.45, 2.75) is 20.3 Å². The Morgan fingerprint density at radius 1 is 0.929 bits per heavy atom. The van der Waals surface area contributed by atoms with Crippen LogP contribution in [0.5, 0.6) is 0 Å². The molecule has 0 aliphatic rings. The van der Waals surface area contributed by atoms with E-state index < -0.39 is 0 Å². The number of rotatable bonds is 2. The van der Waals surface area contributed by atoms with Gasteiger partial charge >= 0.3 is 0 Å². The van der Waals surface area contributed by atoms with Gasteiger partial charge < -0.3 is 4.42 Å². The van der Waals surface area contributed by atoms with Crippen LogP contribution in [0.4, 0.5) is 0 Å². The van der Waals surface area contributed by atoms with Crippen LogP contribution in [0.15, 0.2) is 40.8 Å².